The lowest BCUT2D eigenvalue weighted by atomic mass is 9.99. The monoisotopic (exact) mass is 253 g/mol. The van der Waals surface area contributed by atoms with Crippen LogP contribution in [0, 0.1) is 0 Å². The van der Waals surface area contributed by atoms with Crippen molar-refractivity contribution < 1.29 is 5.11 Å². The fourth-order valence-corrected chi connectivity index (χ4v) is 2.93. The van der Waals surface area contributed by atoms with E-state index in [0.29, 0.717) is 0 Å². The van der Waals surface area contributed by atoms with Gasteiger partial charge in [0, 0.05) is 12.6 Å². The van der Waals surface area contributed by atoms with E-state index in [0.717, 1.165) is 18.5 Å². The Labute approximate surface area is 114 Å². The fraction of sp³-hybridized carbons (Fsp3) is 0.294. The molecule has 1 aliphatic rings. The average molecular weight is 253 g/mol. The molecule has 98 valence electrons. The van der Waals surface area contributed by atoms with Gasteiger partial charge in [0.25, 0.3) is 0 Å². The van der Waals surface area contributed by atoms with Crippen LogP contribution in [-0.4, -0.2) is 5.11 Å². The van der Waals surface area contributed by atoms with Crippen LogP contribution < -0.4 is 5.32 Å². The molecule has 2 heteroatoms. The van der Waals surface area contributed by atoms with Gasteiger partial charge >= 0.3 is 0 Å². The van der Waals surface area contributed by atoms with Crippen LogP contribution in [0.2, 0.25) is 0 Å². The Morgan fingerprint density at radius 1 is 1.11 bits per heavy atom. The minimum absolute atomic E-state index is 0.228. The molecule has 2 nitrogen and oxygen atoms in total. The summed E-state index contributed by atoms with van der Waals surface area (Å²) in [5.41, 5.74) is 2.83. The number of hydrogen-bond donors (Lipinski definition) is 2. The summed E-state index contributed by atoms with van der Waals surface area (Å²) in [6, 6.07) is 18.8. The van der Waals surface area contributed by atoms with E-state index in [1.54, 1.807) is 0 Å². The van der Waals surface area contributed by atoms with Gasteiger partial charge in [-0.15, -0.1) is 0 Å². The molecule has 0 bridgehead atoms. The Kier molecular flexibility index (Phi) is 3.13. The van der Waals surface area contributed by atoms with Gasteiger partial charge in [0.15, 0.2) is 0 Å². The second-order valence-electron chi connectivity index (χ2n) is 5.48. The van der Waals surface area contributed by atoms with Crippen molar-refractivity contribution in [3.63, 3.8) is 0 Å². The van der Waals surface area contributed by atoms with Gasteiger partial charge in [0.2, 0.25) is 0 Å². The molecule has 2 N–H and O–H groups in total. The van der Waals surface area contributed by atoms with Crippen LogP contribution in [0.3, 0.4) is 0 Å². The van der Waals surface area contributed by atoms with Crippen molar-refractivity contribution in [1.82, 2.24) is 5.32 Å². The second-order valence-corrected chi connectivity index (χ2v) is 5.48. The smallest absolute Gasteiger partial charge is 0.0889 e. The Morgan fingerprint density at radius 2 is 1.79 bits per heavy atom. The van der Waals surface area contributed by atoms with E-state index in [9.17, 15) is 5.11 Å². The van der Waals surface area contributed by atoms with Crippen LogP contribution >= 0.6 is 0 Å². The second kappa shape index (κ2) is 4.80. The Balaban J connectivity index is 1.77. The van der Waals surface area contributed by atoms with E-state index in [2.05, 4.69) is 35.6 Å². The Morgan fingerprint density at radius 3 is 2.58 bits per heavy atom. The van der Waals surface area contributed by atoms with Crippen molar-refractivity contribution in [3.05, 3.63) is 71.3 Å². The van der Waals surface area contributed by atoms with Gasteiger partial charge in [0.05, 0.1) is 5.60 Å². The molecule has 0 aliphatic heterocycles. The summed E-state index contributed by atoms with van der Waals surface area (Å²) < 4.78 is 0. The predicted molar refractivity (Wildman–Crippen MR) is 76.7 cm³/mol. The zero-order valence-corrected chi connectivity index (χ0v) is 11.1. The lowest BCUT2D eigenvalue weighted by Crippen LogP contribution is -2.22. The first-order valence-corrected chi connectivity index (χ1v) is 6.76. The van der Waals surface area contributed by atoms with Gasteiger partial charge < -0.3 is 10.4 Å². The van der Waals surface area contributed by atoms with Crippen LogP contribution in [0.25, 0.3) is 0 Å². The molecule has 0 heterocycles. The number of fused-ring (bicyclic) bond motifs is 1. The summed E-state index contributed by atoms with van der Waals surface area (Å²) in [7, 11) is 0. The van der Waals surface area contributed by atoms with E-state index in [-0.39, 0.29) is 6.04 Å². The van der Waals surface area contributed by atoms with Crippen molar-refractivity contribution in [3.8, 4) is 0 Å². The summed E-state index contributed by atoms with van der Waals surface area (Å²) in [6.07, 6.45) is 0.735. The molecule has 2 atom stereocenters. The summed E-state index contributed by atoms with van der Waals surface area (Å²) in [4.78, 5) is 0. The maximum Gasteiger partial charge on any atom is 0.0889 e. The van der Waals surface area contributed by atoms with E-state index >= 15 is 0 Å². The molecule has 0 saturated heterocycles. The molecule has 0 fully saturated rings. The van der Waals surface area contributed by atoms with Crippen molar-refractivity contribution >= 4 is 0 Å². The highest BCUT2D eigenvalue weighted by atomic mass is 16.3. The molecule has 19 heavy (non-hydrogen) atoms. The zero-order valence-electron chi connectivity index (χ0n) is 11.1. The quantitative estimate of drug-likeness (QED) is 0.881. The maximum absolute atomic E-state index is 10.5. The first-order valence-electron chi connectivity index (χ1n) is 6.76. The molecule has 2 aromatic carbocycles. The van der Waals surface area contributed by atoms with Crippen LogP contribution in [0.5, 0.6) is 0 Å². The van der Waals surface area contributed by atoms with E-state index < -0.39 is 5.60 Å². The van der Waals surface area contributed by atoms with Gasteiger partial charge in [0.1, 0.15) is 0 Å². The normalized spacial score (nSPS) is 25.3. The lowest BCUT2D eigenvalue weighted by Gasteiger charge is -2.18. The van der Waals surface area contributed by atoms with Crippen LogP contribution in [0.4, 0.5) is 0 Å². The van der Waals surface area contributed by atoms with Crippen LogP contribution in [0.1, 0.15) is 36.1 Å². The standard InChI is InChI=1S/C17H19NO/c1-17(19)11-16(14-9-5-6-10-15(14)17)18-12-13-7-3-2-4-8-13/h2-10,16,18-19H,11-12H2,1H3. The number of benzene rings is 2. The number of aliphatic hydroxyl groups is 1. The molecule has 1 aliphatic carbocycles. The molecule has 0 amide bonds. The highest BCUT2D eigenvalue weighted by Crippen LogP contribution is 2.42. The minimum Gasteiger partial charge on any atom is -0.385 e. The Bertz CT molecular complexity index is 562. The molecular weight excluding hydrogens is 234 g/mol. The third-order valence-electron chi connectivity index (χ3n) is 3.91. The van der Waals surface area contributed by atoms with Gasteiger partial charge in [-0.25, -0.2) is 0 Å². The van der Waals surface area contributed by atoms with Gasteiger partial charge in [-0.3, -0.25) is 0 Å². The summed E-state index contributed by atoms with van der Waals surface area (Å²) in [5.74, 6) is 0. The SMILES string of the molecule is CC1(O)CC(NCc2ccccc2)c2ccccc21. The molecule has 2 aromatic rings. The molecular formula is C17H19NO. The largest absolute Gasteiger partial charge is 0.385 e. The van der Waals surface area contributed by atoms with Crippen molar-refractivity contribution in [1.29, 1.82) is 0 Å². The molecule has 0 aromatic heterocycles. The molecule has 0 saturated carbocycles. The maximum atomic E-state index is 10.5. The minimum atomic E-state index is -0.717. The molecule has 2 unspecified atom stereocenters. The first kappa shape index (κ1) is 12.4. The number of hydrogen-bond acceptors (Lipinski definition) is 2. The third kappa shape index (κ3) is 2.42. The van der Waals surface area contributed by atoms with Crippen molar-refractivity contribution in [2.45, 2.75) is 31.5 Å². The fourth-order valence-electron chi connectivity index (χ4n) is 2.93. The first-order chi connectivity index (χ1) is 9.17. The lowest BCUT2D eigenvalue weighted by molar-refractivity contribution is 0.0513. The number of nitrogens with one attached hydrogen (secondary N) is 1. The van der Waals surface area contributed by atoms with Crippen molar-refractivity contribution in [2.24, 2.45) is 0 Å². The summed E-state index contributed by atoms with van der Waals surface area (Å²) in [5, 5.41) is 14.0. The van der Waals surface area contributed by atoms with Crippen LogP contribution in [0.15, 0.2) is 54.6 Å². The van der Waals surface area contributed by atoms with E-state index in [1.807, 2.05) is 31.2 Å². The van der Waals surface area contributed by atoms with E-state index in [1.165, 1.54) is 11.1 Å². The van der Waals surface area contributed by atoms with Crippen LogP contribution in [-0.2, 0) is 12.1 Å². The zero-order chi connectivity index (χ0) is 13.3. The highest BCUT2D eigenvalue weighted by molar-refractivity contribution is 5.39. The van der Waals surface area contributed by atoms with Gasteiger partial charge in [-0.05, 0) is 30.0 Å². The Hall–Kier alpha value is -1.64. The number of rotatable bonds is 3. The summed E-state index contributed by atoms with van der Waals surface area (Å²) in [6.45, 7) is 2.73. The molecule has 0 radical (unpaired) electrons. The molecule has 0 spiro atoms. The van der Waals surface area contributed by atoms with Gasteiger partial charge in [-0.1, -0.05) is 54.6 Å². The van der Waals surface area contributed by atoms with E-state index in [4.69, 9.17) is 0 Å². The predicted octanol–water partition coefficient (Wildman–Crippen LogP) is 3.13. The topological polar surface area (TPSA) is 32.3 Å². The summed E-state index contributed by atoms with van der Waals surface area (Å²) >= 11 is 0. The highest BCUT2D eigenvalue weighted by Gasteiger charge is 2.37. The third-order valence-corrected chi connectivity index (χ3v) is 3.91. The van der Waals surface area contributed by atoms with Crippen molar-refractivity contribution in [2.75, 3.05) is 0 Å². The molecule has 3 rings (SSSR count). The average Bonchev–Trinajstić information content (AvgIpc) is 2.70. The van der Waals surface area contributed by atoms with Gasteiger partial charge in [-0.2, -0.15) is 0 Å².